The van der Waals surface area contributed by atoms with Crippen molar-refractivity contribution in [2.45, 2.75) is 85.0 Å². The topological polar surface area (TPSA) is 109 Å². The van der Waals surface area contributed by atoms with Gasteiger partial charge in [-0.25, -0.2) is 0 Å². The van der Waals surface area contributed by atoms with E-state index >= 15 is 0 Å². The molecule has 0 bridgehead atoms. The third-order valence-corrected chi connectivity index (χ3v) is 9.90. The Morgan fingerprint density at radius 2 is 1.09 bits per heavy atom. The lowest BCUT2D eigenvalue weighted by Gasteiger charge is -2.37. The summed E-state index contributed by atoms with van der Waals surface area (Å²) in [4.78, 5) is 49.1. The van der Waals surface area contributed by atoms with Crippen LogP contribution in [-0.4, -0.2) is 33.3 Å². The molecule has 0 saturated heterocycles. The molecule has 6 rings (SSSR count). The van der Waals surface area contributed by atoms with E-state index in [0.717, 1.165) is 51.4 Å². The highest BCUT2D eigenvalue weighted by molar-refractivity contribution is 6.52. The molecule has 2 N–H and O–H groups in total. The van der Waals surface area contributed by atoms with Crippen LogP contribution in [0.25, 0.3) is 11.5 Å². The molecule has 226 valence electrons. The number of aliphatic hydroxyl groups is 2. The van der Waals surface area contributed by atoms with E-state index in [1.54, 1.807) is 48.5 Å². The molecular weight excluding hydrogens is 540 g/mol. The van der Waals surface area contributed by atoms with E-state index in [9.17, 15) is 29.4 Å². The maximum Gasteiger partial charge on any atom is 0.234 e. The van der Waals surface area contributed by atoms with Crippen molar-refractivity contribution >= 4 is 34.7 Å². The molecule has 0 spiro atoms. The van der Waals surface area contributed by atoms with Gasteiger partial charge < -0.3 is 10.2 Å². The normalized spacial score (nSPS) is 23.0. The zero-order valence-electron chi connectivity index (χ0n) is 25.4. The fourth-order valence-electron chi connectivity index (χ4n) is 7.28. The smallest absolute Gasteiger partial charge is 0.234 e. The molecule has 0 aromatic heterocycles. The predicted molar refractivity (Wildman–Crippen MR) is 167 cm³/mol. The molecule has 6 heteroatoms. The number of hydrogen-bond acceptors (Lipinski definition) is 6. The van der Waals surface area contributed by atoms with Crippen LogP contribution in [0, 0.1) is 23.2 Å². The molecule has 0 heterocycles. The zero-order chi connectivity index (χ0) is 30.9. The summed E-state index contributed by atoms with van der Waals surface area (Å²) in [6, 6.07) is 13.6. The van der Waals surface area contributed by atoms with Crippen LogP contribution >= 0.6 is 0 Å². The van der Waals surface area contributed by atoms with Gasteiger partial charge in [0.1, 0.15) is 11.5 Å². The number of benzene rings is 2. The van der Waals surface area contributed by atoms with Gasteiger partial charge in [-0.1, -0.05) is 88.6 Å². The Labute approximate surface area is 253 Å². The molecule has 43 heavy (non-hydrogen) atoms. The van der Waals surface area contributed by atoms with Crippen LogP contribution in [0.15, 0.2) is 59.7 Å². The first-order chi connectivity index (χ1) is 20.5. The zero-order valence-corrected chi connectivity index (χ0v) is 25.4. The number of hydrogen-bond donors (Lipinski definition) is 2. The third kappa shape index (κ3) is 6.15. The molecule has 0 amide bonds. The minimum atomic E-state index is -0.524. The van der Waals surface area contributed by atoms with Gasteiger partial charge in [-0.15, -0.1) is 0 Å². The third-order valence-electron chi connectivity index (χ3n) is 9.90. The van der Waals surface area contributed by atoms with Gasteiger partial charge in [0.2, 0.25) is 23.1 Å². The molecule has 4 aliphatic carbocycles. The molecule has 4 aliphatic rings. The molecule has 0 unspecified atom stereocenters. The second-order valence-electron chi connectivity index (χ2n) is 13.6. The van der Waals surface area contributed by atoms with Crippen LogP contribution in [-0.2, 0) is 9.59 Å². The van der Waals surface area contributed by atoms with Crippen molar-refractivity contribution in [3.63, 3.8) is 0 Å². The van der Waals surface area contributed by atoms with E-state index in [4.69, 9.17) is 0 Å². The summed E-state index contributed by atoms with van der Waals surface area (Å²) < 4.78 is 0. The maximum atomic E-state index is 12.4. The number of carbonyl (C=O) groups excluding carboxylic acids is 4. The van der Waals surface area contributed by atoms with Crippen LogP contribution in [0.5, 0.6) is 0 Å². The van der Waals surface area contributed by atoms with Gasteiger partial charge in [-0.2, -0.15) is 0 Å². The summed E-state index contributed by atoms with van der Waals surface area (Å²) >= 11 is 0. The van der Waals surface area contributed by atoms with E-state index in [2.05, 4.69) is 20.8 Å². The van der Waals surface area contributed by atoms with E-state index in [0.29, 0.717) is 57.1 Å². The summed E-state index contributed by atoms with van der Waals surface area (Å²) in [6.07, 6.45) is 10.0. The highest BCUT2D eigenvalue weighted by atomic mass is 16.3. The quantitative estimate of drug-likeness (QED) is 0.353. The van der Waals surface area contributed by atoms with Crippen LogP contribution in [0.2, 0.25) is 0 Å². The number of Topliss-reactive ketones (excluding diaryl/α,β-unsaturated/α-hetero) is 4. The molecular formula is C37H42O6. The number of aliphatic hydroxyl groups excluding tert-OH is 2. The Kier molecular flexibility index (Phi) is 8.86. The highest BCUT2D eigenvalue weighted by Gasteiger charge is 2.38. The molecule has 0 aliphatic heterocycles. The second-order valence-corrected chi connectivity index (χ2v) is 13.6. The van der Waals surface area contributed by atoms with Gasteiger partial charge in [0, 0.05) is 33.4 Å². The van der Waals surface area contributed by atoms with E-state index in [-0.39, 0.29) is 17.4 Å². The van der Waals surface area contributed by atoms with Gasteiger partial charge in [-0.3, -0.25) is 19.2 Å². The molecule has 0 radical (unpaired) electrons. The SMILES string of the molecule is CC(C)(C)C1CCC(CC2=C(O)c3ccccc3C(=O)C2=O)CC1.O=C1C(=O)c2ccccc2C(O)=C1C1CCCCC1. The Morgan fingerprint density at radius 3 is 1.63 bits per heavy atom. The van der Waals surface area contributed by atoms with E-state index in [1.807, 2.05) is 0 Å². The summed E-state index contributed by atoms with van der Waals surface area (Å²) in [6.45, 7) is 6.85. The minimum absolute atomic E-state index is 0.00754. The van der Waals surface area contributed by atoms with Crippen molar-refractivity contribution in [1.29, 1.82) is 0 Å². The standard InChI is InChI=1S/C21H26O3.C16H16O3/c1-21(2,3)14-10-8-13(9-11-14)12-17-18(22)15-6-4-5-7-16(15)19(23)20(17)24;17-14-11-8-4-5-9-12(11)15(18)16(19)13(14)10-6-2-1-3-7-10/h4-7,13-14,22H,8-12H2,1-3H3;4-5,8-10,17H,1-3,6-7H2. The number of rotatable bonds is 3. The van der Waals surface area contributed by atoms with Gasteiger partial charge in [-0.05, 0) is 68.1 Å². The van der Waals surface area contributed by atoms with Crippen molar-refractivity contribution in [3.05, 3.63) is 81.9 Å². The summed E-state index contributed by atoms with van der Waals surface area (Å²) in [5.41, 5.74) is 2.64. The van der Waals surface area contributed by atoms with Crippen molar-refractivity contribution in [3.8, 4) is 0 Å². The van der Waals surface area contributed by atoms with Gasteiger partial charge >= 0.3 is 0 Å². The first kappa shape index (κ1) is 30.7. The number of carbonyl (C=O) groups is 4. The Hall–Kier alpha value is -3.80. The van der Waals surface area contributed by atoms with Crippen LogP contribution in [0.4, 0.5) is 0 Å². The Balaban J connectivity index is 0.000000176. The fourth-order valence-corrected chi connectivity index (χ4v) is 7.28. The van der Waals surface area contributed by atoms with Crippen molar-refractivity contribution < 1.29 is 29.4 Å². The largest absolute Gasteiger partial charge is 0.507 e. The second kappa shape index (κ2) is 12.4. The molecule has 6 nitrogen and oxygen atoms in total. The first-order valence-corrected chi connectivity index (χ1v) is 15.7. The molecule has 2 aromatic carbocycles. The summed E-state index contributed by atoms with van der Waals surface area (Å²) in [5, 5.41) is 20.9. The lowest BCUT2D eigenvalue weighted by Crippen LogP contribution is -2.29. The average Bonchev–Trinajstić information content (AvgIpc) is 3.02. The Bertz CT molecular complexity index is 1500. The number of allylic oxidation sites excluding steroid dienone is 2. The van der Waals surface area contributed by atoms with Crippen LogP contribution in [0.3, 0.4) is 0 Å². The van der Waals surface area contributed by atoms with E-state index in [1.165, 1.54) is 6.42 Å². The molecule has 0 atom stereocenters. The molecule has 2 aromatic rings. The molecule has 2 saturated carbocycles. The monoisotopic (exact) mass is 582 g/mol. The van der Waals surface area contributed by atoms with Crippen molar-refractivity contribution in [2.24, 2.45) is 23.2 Å². The van der Waals surface area contributed by atoms with Gasteiger partial charge in [0.05, 0.1) is 0 Å². The van der Waals surface area contributed by atoms with Gasteiger partial charge in [0.25, 0.3) is 0 Å². The van der Waals surface area contributed by atoms with Crippen LogP contribution in [0.1, 0.15) is 117 Å². The van der Waals surface area contributed by atoms with Gasteiger partial charge in [0.15, 0.2) is 0 Å². The lowest BCUT2D eigenvalue weighted by molar-refractivity contribution is -0.113. The number of fused-ring (bicyclic) bond motifs is 2. The van der Waals surface area contributed by atoms with Crippen molar-refractivity contribution in [2.75, 3.05) is 0 Å². The van der Waals surface area contributed by atoms with Crippen molar-refractivity contribution in [1.82, 2.24) is 0 Å². The summed E-state index contributed by atoms with van der Waals surface area (Å²) in [5.74, 6) is -0.842. The highest BCUT2D eigenvalue weighted by Crippen LogP contribution is 2.43. The number of ketones is 4. The van der Waals surface area contributed by atoms with Crippen LogP contribution < -0.4 is 0 Å². The fraction of sp³-hybridized carbons (Fsp3) is 0.459. The predicted octanol–water partition coefficient (Wildman–Crippen LogP) is 8.27. The minimum Gasteiger partial charge on any atom is -0.507 e. The lowest BCUT2D eigenvalue weighted by atomic mass is 9.68. The maximum absolute atomic E-state index is 12.4. The summed E-state index contributed by atoms with van der Waals surface area (Å²) in [7, 11) is 0. The first-order valence-electron chi connectivity index (χ1n) is 15.7. The molecule has 2 fully saturated rings. The Morgan fingerprint density at radius 1 is 0.605 bits per heavy atom. The van der Waals surface area contributed by atoms with E-state index < -0.39 is 23.1 Å². The average molecular weight is 583 g/mol.